The molecule has 0 radical (unpaired) electrons. The minimum Gasteiger partial charge on any atom is -0.388 e. The molecule has 0 bridgehead atoms. The van der Waals surface area contributed by atoms with E-state index in [-0.39, 0.29) is 4.90 Å². The van der Waals surface area contributed by atoms with Gasteiger partial charge in [-0.05, 0) is 61.2 Å². The van der Waals surface area contributed by atoms with Crippen LogP contribution >= 0.6 is 0 Å². The molecule has 152 valence electrons. The Labute approximate surface area is 167 Å². The van der Waals surface area contributed by atoms with Crippen LogP contribution in [0.5, 0.6) is 0 Å². The molecule has 28 heavy (non-hydrogen) atoms. The topological polar surface area (TPSA) is 78.9 Å². The van der Waals surface area contributed by atoms with Crippen LogP contribution in [0.25, 0.3) is 0 Å². The van der Waals surface area contributed by atoms with E-state index in [1.165, 1.54) is 0 Å². The zero-order valence-electron chi connectivity index (χ0n) is 16.4. The third-order valence-corrected chi connectivity index (χ3v) is 6.54. The first-order valence-corrected chi connectivity index (χ1v) is 11.0. The number of ether oxygens (including phenoxy) is 1. The standard InChI is InChI=1S/C21H28N2O4S/c1-16-3-8-20(15-17(16)2)28(25,26)22-19-6-4-18(5-7-19)21(24)9-10-23-11-13-27-14-12-23/h3-8,15,21-22,24H,9-14H2,1-2H3. The number of aryl methyl sites for hydroxylation is 2. The van der Waals surface area contributed by atoms with Crippen LogP contribution in [0.15, 0.2) is 47.4 Å². The number of hydrogen-bond acceptors (Lipinski definition) is 5. The fourth-order valence-electron chi connectivity index (χ4n) is 3.16. The molecule has 1 aliphatic rings. The van der Waals surface area contributed by atoms with Crippen molar-refractivity contribution in [2.75, 3.05) is 37.6 Å². The second-order valence-corrected chi connectivity index (χ2v) is 8.91. The van der Waals surface area contributed by atoms with Gasteiger partial charge in [0.15, 0.2) is 0 Å². The number of anilines is 1. The lowest BCUT2D eigenvalue weighted by atomic mass is 10.1. The molecule has 6 nitrogen and oxygen atoms in total. The van der Waals surface area contributed by atoms with Gasteiger partial charge in [-0.1, -0.05) is 18.2 Å². The lowest BCUT2D eigenvalue weighted by molar-refractivity contribution is 0.0300. The number of aliphatic hydroxyl groups excluding tert-OH is 1. The molecule has 0 saturated carbocycles. The molecular formula is C21H28N2O4S. The first-order chi connectivity index (χ1) is 13.3. The van der Waals surface area contributed by atoms with E-state index in [2.05, 4.69) is 9.62 Å². The summed E-state index contributed by atoms with van der Waals surface area (Å²) >= 11 is 0. The van der Waals surface area contributed by atoms with E-state index in [0.29, 0.717) is 12.1 Å². The molecule has 1 fully saturated rings. The molecule has 1 saturated heterocycles. The summed E-state index contributed by atoms with van der Waals surface area (Å²) in [5.41, 5.74) is 3.24. The molecule has 3 rings (SSSR count). The van der Waals surface area contributed by atoms with Gasteiger partial charge in [0.2, 0.25) is 0 Å². The minimum atomic E-state index is -3.64. The van der Waals surface area contributed by atoms with Gasteiger partial charge in [0.05, 0.1) is 24.2 Å². The van der Waals surface area contributed by atoms with Crippen molar-refractivity contribution >= 4 is 15.7 Å². The maximum Gasteiger partial charge on any atom is 0.261 e. The van der Waals surface area contributed by atoms with Crippen molar-refractivity contribution in [3.8, 4) is 0 Å². The third kappa shape index (κ3) is 5.32. The fraction of sp³-hybridized carbons (Fsp3) is 0.429. The average Bonchev–Trinajstić information content (AvgIpc) is 2.69. The number of sulfonamides is 1. The van der Waals surface area contributed by atoms with Crippen LogP contribution in [-0.4, -0.2) is 51.3 Å². The summed E-state index contributed by atoms with van der Waals surface area (Å²) in [6.45, 7) is 7.92. The Morgan fingerprint density at radius 1 is 1.07 bits per heavy atom. The largest absolute Gasteiger partial charge is 0.388 e. The lowest BCUT2D eigenvalue weighted by Gasteiger charge is -2.27. The van der Waals surface area contributed by atoms with Crippen LogP contribution in [-0.2, 0) is 14.8 Å². The highest BCUT2D eigenvalue weighted by Gasteiger charge is 2.16. The van der Waals surface area contributed by atoms with Gasteiger partial charge in [0.25, 0.3) is 10.0 Å². The smallest absolute Gasteiger partial charge is 0.261 e. The second-order valence-electron chi connectivity index (χ2n) is 7.23. The zero-order chi connectivity index (χ0) is 20.1. The molecule has 1 unspecified atom stereocenters. The van der Waals surface area contributed by atoms with Crippen molar-refractivity contribution in [3.63, 3.8) is 0 Å². The van der Waals surface area contributed by atoms with Gasteiger partial charge >= 0.3 is 0 Å². The first-order valence-electron chi connectivity index (χ1n) is 9.53. The van der Waals surface area contributed by atoms with E-state index in [4.69, 9.17) is 4.74 Å². The summed E-state index contributed by atoms with van der Waals surface area (Å²) in [6.07, 6.45) is 0.0570. The Morgan fingerprint density at radius 2 is 1.75 bits per heavy atom. The van der Waals surface area contributed by atoms with Crippen molar-refractivity contribution in [1.29, 1.82) is 0 Å². The van der Waals surface area contributed by atoms with Crippen LogP contribution in [0.1, 0.15) is 29.2 Å². The number of nitrogens with zero attached hydrogens (tertiary/aromatic N) is 1. The minimum absolute atomic E-state index is 0.241. The Balaban J connectivity index is 1.60. The number of benzene rings is 2. The Morgan fingerprint density at radius 3 is 2.39 bits per heavy atom. The normalized spacial score (nSPS) is 16.7. The Kier molecular flexibility index (Phi) is 6.72. The third-order valence-electron chi connectivity index (χ3n) is 5.16. The maximum absolute atomic E-state index is 12.6. The fourth-order valence-corrected chi connectivity index (χ4v) is 4.31. The van der Waals surface area contributed by atoms with E-state index in [0.717, 1.165) is 49.5 Å². The van der Waals surface area contributed by atoms with E-state index in [9.17, 15) is 13.5 Å². The lowest BCUT2D eigenvalue weighted by Crippen LogP contribution is -2.37. The summed E-state index contributed by atoms with van der Waals surface area (Å²) in [5.74, 6) is 0. The quantitative estimate of drug-likeness (QED) is 0.742. The summed E-state index contributed by atoms with van der Waals surface area (Å²) in [5, 5.41) is 10.4. The van der Waals surface area contributed by atoms with E-state index in [1.54, 1.807) is 42.5 Å². The van der Waals surface area contributed by atoms with Crippen molar-refractivity contribution in [3.05, 3.63) is 59.2 Å². The summed E-state index contributed by atoms with van der Waals surface area (Å²) < 4.78 is 33.1. The van der Waals surface area contributed by atoms with Gasteiger partial charge in [-0.25, -0.2) is 8.42 Å². The molecule has 0 aliphatic carbocycles. The average molecular weight is 405 g/mol. The summed E-state index contributed by atoms with van der Waals surface area (Å²) in [6, 6.07) is 12.0. The molecule has 2 N–H and O–H groups in total. The van der Waals surface area contributed by atoms with E-state index >= 15 is 0 Å². The predicted octanol–water partition coefficient (Wildman–Crippen LogP) is 2.86. The Hall–Kier alpha value is -1.93. The van der Waals surface area contributed by atoms with Crippen LogP contribution in [0, 0.1) is 13.8 Å². The number of hydrogen-bond donors (Lipinski definition) is 2. The molecule has 7 heteroatoms. The highest BCUT2D eigenvalue weighted by Crippen LogP contribution is 2.22. The maximum atomic E-state index is 12.6. The summed E-state index contributed by atoms with van der Waals surface area (Å²) in [4.78, 5) is 2.52. The Bertz CT molecular complexity index is 891. The van der Waals surface area contributed by atoms with Crippen molar-refractivity contribution in [1.82, 2.24) is 4.90 Å². The molecule has 0 amide bonds. The van der Waals surface area contributed by atoms with Crippen LogP contribution in [0.2, 0.25) is 0 Å². The molecule has 1 atom stereocenters. The van der Waals surface area contributed by atoms with Crippen molar-refractivity contribution in [2.45, 2.75) is 31.3 Å². The molecular weight excluding hydrogens is 376 g/mol. The van der Waals surface area contributed by atoms with Crippen LogP contribution in [0.4, 0.5) is 5.69 Å². The highest BCUT2D eigenvalue weighted by molar-refractivity contribution is 7.92. The highest BCUT2D eigenvalue weighted by atomic mass is 32.2. The zero-order valence-corrected chi connectivity index (χ0v) is 17.2. The second kappa shape index (κ2) is 9.05. The molecule has 2 aromatic rings. The molecule has 0 aromatic heterocycles. The monoisotopic (exact) mass is 404 g/mol. The van der Waals surface area contributed by atoms with Gasteiger partial charge in [0, 0.05) is 25.3 Å². The molecule has 2 aromatic carbocycles. The summed E-state index contributed by atoms with van der Waals surface area (Å²) in [7, 11) is -3.64. The van der Waals surface area contributed by atoms with Gasteiger partial charge < -0.3 is 9.84 Å². The van der Waals surface area contributed by atoms with Crippen LogP contribution in [0.3, 0.4) is 0 Å². The van der Waals surface area contributed by atoms with Crippen LogP contribution < -0.4 is 4.72 Å². The molecule has 0 spiro atoms. The number of nitrogens with one attached hydrogen (secondary N) is 1. The molecule has 1 heterocycles. The van der Waals surface area contributed by atoms with Gasteiger partial charge in [-0.3, -0.25) is 9.62 Å². The van der Waals surface area contributed by atoms with Crippen molar-refractivity contribution < 1.29 is 18.3 Å². The van der Waals surface area contributed by atoms with Crippen molar-refractivity contribution in [2.24, 2.45) is 0 Å². The predicted molar refractivity (Wildman–Crippen MR) is 110 cm³/mol. The first kappa shape index (κ1) is 20.8. The number of morpholine rings is 1. The van der Waals surface area contributed by atoms with Gasteiger partial charge in [-0.15, -0.1) is 0 Å². The molecule has 1 aliphatic heterocycles. The number of aliphatic hydroxyl groups is 1. The van der Waals surface area contributed by atoms with E-state index in [1.807, 2.05) is 13.8 Å². The SMILES string of the molecule is Cc1ccc(S(=O)(=O)Nc2ccc(C(O)CCN3CCOCC3)cc2)cc1C. The van der Waals surface area contributed by atoms with Gasteiger partial charge in [-0.2, -0.15) is 0 Å². The number of rotatable bonds is 7. The van der Waals surface area contributed by atoms with Gasteiger partial charge in [0.1, 0.15) is 0 Å². The van der Waals surface area contributed by atoms with E-state index < -0.39 is 16.1 Å².